The van der Waals surface area contributed by atoms with E-state index in [0.29, 0.717) is 24.7 Å². The van der Waals surface area contributed by atoms with Crippen LogP contribution in [0, 0.1) is 6.92 Å². The number of carbonyl (C=O) groups excluding carboxylic acids is 1. The number of hydrogen-bond donors (Lipinski definition) is 0. The van der Waals surface area contributed by atoms with E-state index in [1.54, 1.807) is 18.1 Å². The molecular formula is C18H25N5O3. The zero-order chi connectivity index (χ0) is 18.7. The smallest absolute Gasteiger partial charge is 0.225 e. The minimum absolute atomic E-state index is 0.0316. The summed E-state index contributed by atoms with van der Waals surface area (Å²) in [6.07, 6.45) is 4.12. The molecular weight excluding hydrogens is 334 g/mol. The Morgan fingerprint density at radius 2 is 2.15 bits per heavy atom. The molecule has 26 heavy (non-hydrogen) atoms. The van der Waals surface area contributed by atoms with E-state index in [2.05, 4.69) is 15.1 Å². The SMILES string of the molecule is Cc1cc(-c2cnc(N(C)C)nc2CN(C)C(=O)C[C@H]2CCCO2)on1. The van der Waals surface area contributed by atoms with Gasteiger partial charge in [0.2, 0.25) is 11.9 Å². The van der Waals surface area contributed by atoms with Crippen molar-refractivity contribution in [1.29, 1.82) is 0 Å². The lowest BCUT2D eigenvalue weighted by molar-refractivity contribution is -0.132. The fourth-order valence-corrected chi connectivity index (χ4v) is 2.91. The Bertz CT molecular complexity index is 768. The van der Waals surface area contributed by atoms with Crippen LogP contribution >= 0.6 is 0 Å². The maximum atomic E-state index is 12.5. The van der Waals surface area contributed by atoms with Gasteiger partial charge in [-0.25, -0.2) is 9.97 Å². The van der Waals surface area contributed by atoms with Crippen LogP contribution in [-0.4, -0.2) is 59.8 Å². The third-order valence-corrected chi connectivity index (χ3v) is 4.39. The van der Waals surface area contributed by atoms with E-state index in [4.69, 9.17) is 9.26 Å². The van der Waals surface area contributed by atoms with Crippen LogP contribution in [0.1, 0.15) is 30.7 Å². The number of anilines is 1. The molecule has 0 radical (unpaired) electrons. The van der Waals surface area contributed by atoms with Crippen LogP contribution in [0.4, 0.5) is 5.95 Å². The zero-order valence-electron chi connectivity index (χ0n) is 15.7. The van der Waals surface area contributed by atoms with E-state index in [-0.39, 0.29) is 12.0 Å². The molecule has 0 N–H and O–H groups in total. The Hall–Kier alpha value is -2.48. The maximum Gasteiger partial charge on any atom is 0.225 e. The van der Waals surface area contributed by atoms with Gasteiger partial charge in [0.15, 0.2) is 5.76 Å². The van der Waals surface area contributed by atoms with Crippen molar-refractivity contribution in [3.8, 4) is 11.3 Å². The van der Waals surface area contributed by atoms with Crippen molar-refractivity contribution in [3.05, 3.63) is 23.7 Å². The highest BCUT2D eigenvalue weighted by Gasteiger charge is 2.23. The van der Waals surface area contributed by atoms with Crippen molar-refractivity contribution < 1.29 is 14.1 Å². The predicted molar refractivity (Wildman–Crippen MR) is 96.7 cm³/mol. The first-order valence-corrected chi connectivity index (χ1v) is 8.76. The molecule has 0 saturated carbocycles. The van der Waals surface area contributed by atoms with Crippen LogP contribution in [0.2, 0.25) is 0 Å². The van der Waals surface area contributed by atoms with Gasteiger partial charge in [-0.1, -0.05) is 5.16 Å². The number of ether oxygens (including phenoxy) is 1. The maximum absolute atomic E-state index is 12.5. The molecule has 1 amide bonds. The Morgan fingerprint density at radius 1 is 1.35 bits per heavy atom. The van der Waals surface area contributed by atoms with Gasteiger partial charge in [-0.2, -0.15) is 0 Å². The first kappa shape index (κ1) is 18.3. The highest BCUT2D eigenvalue weighted by Crippen LogP contribution is 2.25. The van der Waals surface area contributed by atoms with Gasteiger partial charge in [0.1, 0.15) is 0 Å². The Balaban J connectivity index is 1.81. The Morgan fingerprint density at radius 3 is 2.77 bits per heavy atom. The second-order valence-corrected chi connectivity index (χ2v) is 6.85. The molecule has 2 aromatic heterocycles. The molecule has 140 valence electrons. The van der Waals surface area contributed by atoms with E-state index in [1.807, 2.05) is 32.0 Å². The molecule has 0 aromatic carbocycles. The molecule has 8 nitrogen and oxygen atoms in total. The lowest BCUT2D eigenvalue weighted by atomic mass is 10.1. The van der Waals surface area contributed by atoms with Crippen molar-refractivity contribution in [2.45, 2.75) is 38.8 Å². The van der Waals surface area contributed by atoms with Crippen LogP contribution in [-0.2, 0) is 16.1 Å². The van der Waals surface area contributed by atoms with Gasteiger partial charge in [-0.3, -0.25) is 4.79 Å². The van der Waals surface area contributed by atoms with Gasteiger partial charge in [-0.05, 0) is 19.8 Å². The van der Waals surface area contributed by atoms with Crippen LogP contribution in [0.15, 0.2) is 16.8 Å². The quantitative estimate of drug-likeness (QED) is 0.780. The molecule has 0 bridgehead atoms. The summed E-state index contributed by atoms with van der Waals surface area (Å²) in [5.74, 6) is 1.23. The average molecular weight is 359 g/mol. The van der Waals surface area contributed by atoms with Crippen LogP contribution in [0.3, 0.4) is 0 Å². The molecule has 1 saturated heterocycles. The number of carbonyl (C=O) groups is 1. The largest absolute Gasteiger partial charge is 0.378 e. The van der Waals surface area contributed by atoms with Gasteiger partial charge >= 0.3 is 0 Å². The van der Waals surface area contributed by atoms with Crippen molar-refractivity contribution >= 4 is 11.9 Å². The van der Waals surface area contributed by atoms with Crippen molar-refractivity contribution in [3.63, 3.8) is 0 Å². The average Bonchev–Trinajstić information content (AvgIpc) is 3.26. The highest BCUT2D eigenvalue weighted by molar-refractivity contribution is 5.76. The van der Waals surface area contributed by atoms with Crippen molar-refractivity contribution in [1.82, 2.24) is 20.0 Å². The topological polar surface area (TPSA) is 84.6 Å². The van der Waals surface area contributed by atoms with Crippen molar-refractivity contribution in [2.24, 2.45) is 0 Å². The molecule has 0 spiro atoms. The van der Waals surface area contributed by atoms with Gasteiger partial charge in [0, 0.05) is 40.0 Å². The molecule has 1 atom stereocenters. The van der Waals surface area contributed by atoms with Crippen LogP contribution < -0.4 is 4.90 Å². The molecule has 0 unspecified atom stereocenters. The summed E-state index contributed by atoms with van der Waals surface area (Å²) in [6.45, 7) is 2.97. The standard InChI is InChI=1S/C18H25N5O3/c1-12-8-16(26-21-12)14-10-19-18(22(2)3)20-15(14)11-23(4)17(24)9-13-6-5-7-25-13/h8,10,13H,5-7,9,11H2,1-4H3/t13-/m1/s1. The predicted octanol–water partition coefficient (Wildman–Crippen LogP) is 2.03. The highest BCUT2D eigenvalue weighted by atomic mass is 16.5. The third kappa shape index (κ3) is 4.19. The number of aryl methyl sites for hydroxylation is 1. The van der Waals surface area contributed by atoms with Gasteiger partial charge < -0.3 is 19.1 Å². The summed E-state index contributed by atoms with van der Waals surface area (Å²) in [7, 11) is 5.54. The number of nitrogens with zero attached hydrogens (tertiary/aromatic N) is 5. The molecule has 3 rings (SSSR count). The monoisotopic (exact) mass is 359 g/mol. The molecule has 3 heterocycles. The molecule has 8 heteroatoms. The summed E-state index contributed by atoms with van der Waals surface area (Å²) in [5.41, 5.74) is 2.25. The van der Waals surface area contributed by atoms with Gasteiger partial charge in [0.25, 0.3) is 0 Å². The summed E-state index contributed by atoms with van der Waals surface area (Å²) in [6, 6.07) is 1.84. The first-order chi connectivity index (χ1) is 12.4. The Labute approximate surface area is 153 Å². The van der Waals surface area contributed by atoms with Crippen molar-refractivity contribution in [2.75, 3.05) is 32.6 Å². The molecule has 1 fully saturated rings. The van der Waals surface area contributed by atoms with Crippen LogP contribution in [0.5, 0.6) is 0 Å². The summed E-state index contributed by atoms with van der Waals surface area (Å²) in [4.78, 5) is 25.0. The second kappa shape index (κ2) is 7.82. The minimum Gasteiger partial charge on any atom is -0.378 e. The molecule has 1 aliphatic rings. The van der Waals surface area contributed by atoms with Gasteiger partial charge in [0.05, 0.1) is 36.0 Å². The van der Waals surface area contributed by atoms with E-state index < -0.39 is 0 Å². The minimum atomic E-state index is 0.0316. The third-order valence-electron chi connectivity index (χ3n) is 4.39. The number of rotatable bonds is 6. The van der Waals surface area contributed by atoms with Crippen LogP contribution in [0.25, 0.3) is 11.3 Å². The van der Waals surface area contributed by atoms with E-state index >= 15 is 0 Å². The summed E-state index contributed by atoms with van der Waals surface area (Å²) >= 11 is 0. The fourth-order valence-electron chi connectivity index (χ4n) is 2.91. The van der Waals surface area contributed by atoms with E-state index in [1.165, 1.54) is 0 Å². The summed E-state index contributed by atoms with van der Waals surface area (Å²) in [5, 5.41) is 3.94. The normalized spacial score (nSPS) is 16.7. The molecule has 1 aliphatic heterocycles. The lowest BCUT2D eigenvalue weighted by Gasteiger charge is -2.21. The first-order valence-electron chi connectivity index (χ1n) is 8.76. The second-order valence-electron chi connectivity index (χ2n) is 6.85. The Kier molecular flexibility index (Phi) is 5.51. The van der Waals surface area contributed by atoms with E-state index in [0.717, 1.165) is 36.4 Å². The number of amides is 1. The lowest BCUT2D eigenvalue weighted by Crippen LogP contribution is -2.30. The fraction of sp³-hybridized carbons (Fsp3) is 0.556. The molecule has 0 aliphatic carbocycles. The van der Waals surface area contributed by atoms with Gasteiger partial charge in [-0.15, -0.1) is 0 Å². The zero-order valence-corrected chi connectivity index (χ0v) is 15.7. The van der Waals surface area contributed by atoms with E-state index in [9.17, 15) is 4.79 Å². The summed E-state index contributed by atoms with van der Waals surface area (Å²) < 4.78 is 10.9. The number of hydrogen-bond acceptors (Lipinski definition) is 7. The molecule has 2 aromatic rings. The number of aromatic nitrogens is 3.